The van der Waals surface area contributed by atoms with E-state index in [1.807, 2.05) is 19.9 Å². The third-order valence-electron chi connectivity index (χ3n) is 2.10. The Kier molecular flexibility index (Phi) is 2.73. The van der Waals surface area contributed by atoms with Gasteiger partial charge in [-0.1, -0.05) is 22.0 Å². The summed E-state index contributed by atoms with van der Waals surface area (Å²) in [5.74, 6) is 0.152. The molecule has 0 unspecified atom stereocenters. The number of hydrogen-bond donors (Lipinski definition) is 1. The first-order valence-electron chi connectivity index (χ1n) is 3.87. The van der Waals surface area contributed by atoms with Crippen molar-refractivity contribution in [3.63, 3.8) is 0 Å². The Morgan fingerprint density at radius 1 is 1.75 bits per heavy atom. The van der Waals surface area contributed by atoms with Gasteiger partial charge in [0.15, 0.2) is 0 Å². The van der Waals surface area contributed by atoms with Gasteiger partial charge in [0, 0.05) is 22.0 Å². The van der Waals surface area contributed by atoms with Crippen molar-refractivity contribution in [2.45, 2.75) is 19.9 Å². The zero-order valence-corrected chi connectivity index (χ0v) is 8.81. The molecule has 1 N–H and O–H groups in total. The average molecular weight is 230 g/mol. The van der Waals surface area contributed by atoms with Gasteiger partial charge in [-0.25, -0.2) is 0 Å². The Hall–Kier alpha value is -0.570. The largest absolute Gasteiger partial charge is 0.349 e. The molecule has 0 saturated carbocycles. The van der Waals surface area contributed by atoms with Crippen molar-refractivity contribution in [3.8, 4) is 0 Å². The molecule has 3 heteroatoms. The fourth-order valence-electron chi connectivity index (χ4n) is 1.48. The Morgan fingerprint density at radius 3 is 2.67 bits per heavy atom. The number of allylic oxidation sites excluding steroid dienone is 1. The molecule has 1 aliphatic heterocycles. The third kappa shape index (κ3) is 1.46. The van der Waals surface area contributed by atoms with Crippen LogP contribution in [0.5, 0.6) is 0 Å². The number of halogens is 1. The molecular formula is C9H12BrNO. The molecule has 0 aromatic carbocycles. The molecule has 1 fully saturated rings. The van der Waals surface area contributed by atoms with Crippen molar-refractivity contribution in [2.24, 2.45) is 5.92 Å². The summed E-state index contributed by atoms with van der Waals surface area (Å²) < 4.78 is 0.897. The predicted octanol–water partition coefficient (Wildman–Crippen LogP) is 1.98. The molecule has 0 bridgehead atoms. The number of amides is 1. The van der Waals surface area contributed by atoms with E-state index in [1.54, 1.807) is 0 Å². The smallest absolute Gasteiger partial charge is 0.248 e. The van der Waals surface area contributed by atoms with E-state index >= 15 is 0 Å². The minimum atomic E-state index is 0.0155. The standard InChI is InChI=1S/C9H12BrNO/c1-4-7-6(3)11-9(12)8(7)5(2)10/h4,6-7H,1H2,2-3H3,(H,11,12)/b8-5-/t6-,7+/m0/s1. The van der Waals surface area contributed by atoms with E-state index in [0.29, 0.717) is 0 Å². The van der Waals surface area contributed by atoms with Crippen LogP contribution in [0.4, 0.5) is 0 Å². The molecule has 0 spiro atoms. The lowest BCUT2D eigenvalue weighted by molar-refractivity contribution is -0.116. The van der Waals surface area contributed by atoms with Crippen LogP contribution in [-0.4, -0.2) is 11.9 Å². The van der Waals surface area contributed by atoms with Crippen LogP contribution in [0, 0.1) is 5.92 Å². The number of carbonyl (C=O) groups is 1. The van der Waals surface area contributed by atoms with Crippen molar-refractivity contribution in [2.75, 3.05) is 0 Å². The molecule has 0 aromatic rings. The predicted molar refractivity (Wildman–Crippen MR) is 52.9 cm³/mol. The molecular weight excluding hydrogens is 218 g/mol. The lowest BCUT2D eigenvalue weighted by Gasteiger charge is -2.09. The highest BCUT2D eigenvalue weighted by molar-refractivity contribution is 9.11. The van der Waals surface area contributed by atoms with Crippen molar-refractivity contribution in [1.29, 1.82) is 0 Å². The number of nitrogens with one attached hydrogen (secondary N) is 1. The molecule has 0 aliphatic carbocycles. The Morgan fingerprint density at radius 2 is 2.33 bits per heavy atom. The molecule has 0 aromatic heterocycles. The summed E-state index contributed by atoms with van der Waals surface area (Å²) in [7, 11) is 0. The topological polar surface area (TPSA) is 29.1 Å². The van der Waals surface area contributed by atoms with E-state index in [4.69, 9.17) is 0 Å². The second-order valence-corrected chi connectivity index (χ2v) is 4.16. The molecule has 1 aliphatic rings. The summed E-state index contributed by atoms with van der Waals surface area (Å²) in [4.78, 5) is 11.3. The molecule has 2 nitrogen and oxygen atoms in total. The average Bonchev–Trinajstić information content (AvgIpc) is 2.24. The third-order valence-corrected chi connectivity index (χ3v) is 2.53. The van der Waals surface area contributed by atoms with Crippen molar-refractivity contribution in [1.82, 2.24) is 5.32 Å². The van der Waals surface area contributed by atoms with Crippen LogP contribution in [0.2, 0.25) is 0 Å². The molecule has 12 heavy (non-hydrogen) atoms. The first-order valence-corrected chi connectivity index (χ1v) is 4.67. The Balaban J connectivity index is 3.06. The molecule has 2 atom stereocenters. The zero-order valence-electron chi connectivity index (χ0n) is 7.23. The van der Waals surface area contributed by atoms with E-state index in [9.17, 15) is 4.79 Å². The minimum Gasteiger partial charge on any atom is -0.349 e. The maximum atomic E-state index is 11.3. The Labute approximate surface area is 80.9 Å². The molecule has 66 valence electrons. The zero-order chi connectivity index (χ0) is 9.30. The van der Waals surface area contributed by atoms with Gasteiger partial charge < -0.3 is 5.32 Å². The van der Waals surface area contributed by atoms with E-state index in [2.05, 4.69) is 27.8 Å². The molecule has 1 rings (SSSR count). The lowest BCUT2D eigenvalue weighted by atomic mass is 9.97. The highest BCUT2D eigenvalue weighted by Crippen LogP contribution is 2.28. The lowest BCUT2D eigenvalue weighted by Crippen LogP contribution is -2.24. The van der Waals surface area contributed by atoms with Crippen LogP contribution in [0.3, 0.4) is 0 Å². The first kappa shape index (κ1) is 9.52. The summed E-state index contributed by atoms with van der Waals surface area (Å²) in [5.41, 5.74) is 0.803. The van der Waals surface area contributed by atoms with Gasteiger partial charge in [-0.3, -0.25) is 4.79 Å². The van der Waals surface area contributed by atoms with Crippen LogP contribution in [0.25, 0.3) is 0 Å². The second kappa shape index (κ2) is 3.44. The molecule has 1 heterocycles. The summed E-state index contributed by atoms with van der Waals surface area (Å²) in [6.07, 6.45) is 1.81. The minimum absolute atomic E-state index is 0.0155. The van der Waals surface area contributed by atoms with E-state index in [0.717, 1.165) is 10.1 Å². The highest BCUT2D eigenvalue weighted by Gasteiger charge is 2.33. The van der Waals surface area contributed by atoms with Crippen LogP contribution < -0.4 is 5.32 Å². The molecule has 0 radical (unpaired) electrons. The second-order valence-electron chi connectivity index (χ2n) is 2.97. The van der Waals surface area contributed by atoms with Gasteiger partial charge in [0.25, 0.3) is 0 Å². The summed E-state index contributed by atoms with van der Waals surface area (Å²) >= 11 is 3.32. The maximum Gasteiger partial charge on any atom is 0.248 e. The van der Waals surface area contributed by atoms with Gasteiger partial charge in [-0.05, 0) is 13.8 Å². The summed E-state index contributed by atoms with van der Waals surface area (Å²) in [6, 6.07) is 0.164. The van der Waals surface area contributed by atoms with Crippen molar-refractivity contribution in [3.05, 3.63) is 22.7 Å². The maximum absolute atomic E-state index is 11.3. The van der Waals surface area contributed by atoms with Crippen LogP contribution >= 0.6 is 15.9 Å². The fraction of sp³-hybridized carbons (Fsp3) is 0.444. The SMILES string of the molecule is C=C[C@H]1/C(=C(\C)Br)C(=O)N[C@H]1C. The van der Waals surface area contributed by atoms with Gasteiger partial charge in [-0.15, -0.1) is 6.58 Å². The Bertz CT molecular complexity index is 253. The van der Waals surface area contributed by atoms with E-state index in [1.165, 1.54) is 0 Å². The number of hydrogen-bond acceptors (Lipinski definition) is 1. The van der Waals surface area contributed by atoms with Gasteiger partial charge in [0.2, 0.25) is 5.91 Å². The highest BCUT2D eigenvalue weighted by atomic mass is 79.9. The molecule has 1 amide bonds. The quantitative estimate of drug-likeness (QED) is 0.541. The van der Waals surface area contributed by atoms with Gasteiger partial charge >= 0.3 is 0 Å². The van der Waals surface area contributed by atoms with E-state index < -0.39 is 0 Å². The summed E-state index contributed by atoms with van der Waals surface area (Å²) in [6.45, 7) is 7.57. The van der Waals surface area contributed by atoms with Crippen LogP contribution in [-0.2, 0) is 4.79 Å². The van der Waals surface area contributed by atoms with Crippen LogP contribution in [0.15, 0.2) is 22.7 Å². The van der Waals surface area contributed by atoms with Gasteiger partial charge in [-0.2, -0.15) is 0 Å². The monoisotopic (exact) mass is 229 g/mol. The number of carbonyl (C=O) groups excluding carboxylic acids is 1. The normalized spacial score (nSPS) is 33.1. The summed E-state index contributed by atoms with van der Waals surface area (Å²) in [5, 5.41) is 2.85. The van der Waals surface area contributed by atoms with Gasteiger partial charge in [0.1, 0.15) is 0 Å². The van der Waals surface area contributed by atoms with Gasteiger partial charge in [0.05, 0.1) is 0 Å². The number of rotatable bonds is 1. The van der Waals surface area contributed by atoms with E-state index in [-0.39, 0.29) is 17.9 Å². The molecule has 1 saturated heterocycles. The first-order chi connectivity index (χ1) is 5.57. The van der Waals surface area contributed by atoms with Crippen molar-refractivity contribution < 1.29 is 4.79 Å². The van der Waals surface area contributed by atoms with Crippen molar-refractivity contribution >= 4 is 21.8 Å². The van der Waals surface area contributed by atoms with Crippen LogP contribution in [0.1, 0.15) is 13.8 Å². The fourth-order valence-corrected chi connectivity index (χ4v) is 1.93.